The molecule has 0 spiro atoms. The van der Waals surface area contributed by atoms with Gasteiger partial charge in [0.15, 0.2) is 5.76 Å². The van der Waals surface area contributed by atoms with Crippen LogP contribution in [0.2, 0.25) is 0 Å². The lowest BCUT2D eigenvalue weighted by Crippen LogP contribution is -1.92. The largest absolute Gasteiger partial charge is 0.493 e. The summed E-state index contributed by atoms with van der Waals surface area (Å²) in [5, 5.41) is 3.67. The van der Waals surface area contributed by atoms with Crippen molar-refractivity contribution in [2.24, 2.45) is 0 Å². The molecule has 0 N–H and O–H groups in total. The van der Waals surface area contributed by atoms with Crippen LogP contribution in [0.15, 0.2) is 41.1 Å². The van der Waals surface area contributed by atoms with E-state index in [2.05, 4.69) is 5.16 Å². The minimum Gasteiger partial charge on any atom is -0.493 e. The minimum atomic E-state index is 0.644. The fourth-order valence-electron chi connectivity index (χ4n) is 1.31. The van der Waals surface area contributed by atoms with Crippen molar-refractivity contribution in [1.82, 2.24) is 5.16 Å². The Morgan fingerprint density at radius 1 is 1.29 bits per heavy atom. The molecule has 1 aromatic carbocycles. The first-order chi connectivity index (χ1) is 6.92. The maximum absolute atomic E-state index is 5.47. The molecule has 0 amide bonds. The van der Waals surface area contributed by atoms with Crippen molar-refractivity contribution in [3.63, 3.8) is 0 Å². The Hall–Kier alpha value is -1.77. The highest BCUT2D eigenvalue weighted by Crippen LogP contribution is 2.29. The van der Waals surface area contributed by atoms with Crippen molar-refractivity contribution < 1.29 is 9.26 Å². The lowest BCUT2D eigenvalue weighted by Gasteiger charge is -2.06. The molecule has 0 fully saturated rings. The lowest BCUT2D eigenvalue weighted by molar-refractivity contribution is 0.339. The van der Waals surface area contributed by atoms with Gasteiger partial charge >= 0.3 is 0 Å². The zero-order chi connectivity index (χ0) is 9.80. The molecule has 72 valence electrons. The van der Waals surface area contributed by atoms with Gasteiger partial charge in [0.25, 0.3) is 0 Å². The Kier molecular flexibility index (Phi) is 2.49. The highest BCUT2D eigenvalue weighted by atomic mass is 16.5. The van der Waals surface area contributed by atoms with Crippen LogP contribution in [-0.4, -0.2) is 11.8 Å². The van der Waals surface area contributed by atoms with E-state index in [0.29, 0.717) is 6.61 Å². The predicted octanol–water partition coefficient (Wildman–Crippen LogP) is 2.74. The van der Waals surface area contributed by atoms with Crippen LogP contribution in [0.25, 0.3) is 11.3 Å². The first-order valence-electron chi connectivity index (χ1n) is 4.54. The highest BCUT2D eigenvalue weighted by Gasteiger charge is 2.07. The number of nitrogens with zero attached hydrogens (tertiary/aromatic N) is 1. The van der Waals surface area contributed by atoms with E-state index in [-0.39, 0.29) is 0 Å². The molecule has 0 saturated carbocycles. The molecular weight excluding hydrogens is 178 g/mol. The quantitative estimate of drug-likeness (QED) is 0.744. The van der Waals surface area contributed by atoms with Crippen LogP contribution in [-0.2, 0) is 0 Å². The molecule has 0 bridgehead atoms. The normalized spacial score (nSPS) is 10.1. The molecule has 3 heteroatoms. The molecule has 1 aromatic heterocycles. The van der Waals surface area contributed by atoms with Crippen LogP contribution in [0.1, 0.15) is 6.92 Å². The van der Waals surface area contributed by atoms with Gasteiger partial charge in [0, 0.05) is 6.07 Å². The molecule has 0 atom stereocenters. The zero-order valence-corrected chi connectivity index (χ0v) is 7.93. The summed E-state index contributed by atoms with van der Waals surface area (Å²) in [5.41, 5.74) is 0.937. The molecule has 0 aliphatic heterocycles. The Morgan fingerprint density at radius 2 is 2.14 bits per heavy atom. The van der Waals surface area contributed by atoms with Crippen molar-refractivity contribution in [1.29, 1.82) is 0 Å². The van der Waals surface area contributed by atoms with Gasteiger partial charge in [-0.2, -0.15) is 0 Å². The topological polar surface area (TPSA) is 35.3 Å². The SMILES string of the molecule is CCOc1ccccc1-c1ccno1. The van der Waals surface area contributed by atoms with Gasteiger partial charge < -0.3 is 9.26 Å². The Bertz CT molecular complexity index is 395. The number of rotatable bonds is 3. The summed E-state index contributed by atoms with van der Waals surface area (Å²) < 4.78 is 10.5. The number of aromatic nitrogens is 1. The standard InChI is InChI=1S/C11H11NO2/c1-2-13-10-6-4-3-5-9(10)11-7-8-12-14-11/h3-8H,2H2,1H3. The average molecular weight is 189 g/mol. The van der Waals surface area contributed by atoms with Gasteiger partial charge in [-0.15, -0.1) is 0 Å². The molecule has 0 aliphatic rings. The molecule has 0 aliphatic carbocycles. The third-order valence-corrected chi connectivity index (χ3v) is 1.89. The fraction of sp³-hybridized carbons (Fsp3) is 0.182. The fourth-order valence-corrected chi connectivity index (χ4v) is 1.31. The van der Waals surface area contributed by atoms with Crippen molar-refractivity contribution in [2.75, 3.05) is 6.61 Å². The molecule has 1 heterocycles. The second-order valence-corrected chi connectivity index (χ2v) is 2.81. The van der Waals surface area contributed by atoms with Crippen LogP contribution < -0.4 is 4.74 Å². The maximum atomic E-state index is 5.47. The molecule has 3 nitrogen and oxygen atoms in total. The van der Waals surface area contributed by atoms with Gasteiger partial charge in [-0.3, -0.25) is 0 Å². The summed E-state index contributed by atoms with van der Waals surface area (Å²) in [7, 11) is 0. The second kappa shape index (κ2) is 3.96. The summed E-state index contributed by atoms with van der Waals surface area (Å²) in [5.74, 6) is 1.56. The highest BCUT2D eigenvalue weighted by molar-refractivity contribution is 5.65. The molecule has 0 radical (unpaired) electrons. The molecule has 14 heavy (non-hydrogen) atoms. The summed E-state index contributed by atoms with van der Waals surface area (Å²) in [6.07, 6.45) is 1.62. The first kappa shape index (κ1) is 8.81. The van der Waals surface area contributed by atoms with Gasteiger partial charge in [0.1, 0.15) is 5.75 Å². The van der Waals surface area contributed by atoms with E-state index >= 15 is 0 Å². The number of hydrogen-bond donors (Lipinski definition) is 0. The van der Waals surface area contributed by atoms with Crippen LogP contribution in [0.4, 0.5) is 0 Å². The van der Waals surface area contributed by atoms with E-state index in [1.165, 1.54) is 0 Å². The molecule has 0 saturated heterocycles. The van der Waals surface area contributed by atoms with Gasteiger partial charge in [-0.1, -0.05) is 17.3 Å². The molecule has 2 aromatic rings. The Balaban J connectivity index is 2.42. The summed E-state index contributed by atoms with van der Waals surface area (Å²) in [6.45, 7) is 2.60. The maximum Gasteiger partial charge on any atom is 0.170 e. The van der Waals surface area contributed by atoms with Crippen molar-refractivity contribution in [3.8, 4) is 17.1 Å². The number of benzene rings is 1. The predicted molar refractivity (Wildman–Crippen MR) is 53.1 cm³/mol. The second-order valence-electron chi connectivity index (χ2n) is 2.81. The summed E-state index contributed by atoms with van der Waals surface area (Å²) >= 11 is 0. The number of para-hydroxylation sites is 1. The van der Waals surface area contributed by atoms with Crippen LogP contribution in [0.3, 0.4) is 0 Å². The summed E-state index contributed by atoms with van der Waals surface area (Å²) in [4.78, 5) is 0. The van der Waals surface area contributed by atoms with Gasteiger partial charge in [0.05, 0.1) is 18.4 Å². The van der Waals surface area contributed by atoms with Crippen molar-refractivity contribution in [3.05, 3.63) is 36.5 Å². The van der Waals surface area contributed by atoms with Crippen LogP contribution in [0.5, 0.6) is 5.75 Å². The number of ether oxygens (including phenoxy) is 1. The molecule has 0 unspecified atom stereocenters. The van der Waals surface area contributed by atoms with Crippen LogP contribution >= 0.6 is 0 Å². The van der Waals surface area contributed by atoms with E-state index in [9.17, 15) is 0 Å². The van der Waals surface area contributed by atoms with E-state index in [0.717, 1.165) is 17.1 Å². The Morgan fingerprint density at radius 3 is 2.86 bits per heavy atom. The minimum absolute atomic E-state index is 0.644. The molecular formula is C11H11NO2. The molecule has 2 rings (SSSR count). The average Bonchev–Trinajstić information content (AvgIpc) is 2.72. The van der Waals surface area contributed by atoms with Gasteiger partial charge in [-0.05, 0) is 19.1 Å². The van der Waals surface area contributed by atoms with Gasteiger partial charge in [-0.25, -0.2) is 0 Å². The first-order valence-corrected chi connectivity index (χ1v) is 4.54. The summed E-state index contributed by atoms with van der Waals surface area (Å²) in [6, 6.07) is 9.57. The van der Waals surface area contributed by atoms with E-state index in [1.807, 2.05) is 37.3 Å². The van der Waals surface area contributed by atoms with Crippen molar-refractivity contribution in [2.45, 2.75) is 6.92 Å². The number of hydrogen-bond acceptors (Lipinski definition) is 3. The lowest BCUT2D eigenvalue weighted by atomic mass is 10.1. The van der Waals surface area contributed by atoms with Crippen molar-refractivity contribution >= 4 is 0 Å². The third-order valence-electron chi connectivity index (χ3n) is 1.89. The Labute approximate surface area is 82.3 Å². The third kappa shape index (κ3) is 1.62. The van der Waals surface area contributed by atoms with E-state index < -0.39 is 0 Å². The smallest absolute Gasteiger partial charge is 0.170 e. The van der Waals surface area contributed by atoms with E-state index in [1.54, 1.807) is 6.20 Å². The van der Waals surface area contributed by atoms with E-state index in [4.69, 9.17) is 9.26 Å². The zero-order valence-electron chi connectivity index (χ0n) is 7.93. The monoisotopic (exact) mass is 189 g/mol. The van der Waals surface area contributed by atoms with Gasteiger partial charge in [0.2, 0.25) is 0 Å². The van der Waals surface area contributed by atoms with Crippen LogP contribution in [0, 0.1) is 0 Å².